The summed E-state index contributed by atoms with van der Waals surface area (Å²) in [4.78, 5) is 11.7. The summed E-state index contributed by atoms with van der Waals surface area (Å²) in [6, 6.07) is 12.3. The first-order chi connectivity index (χ1) is 10.4. The molecule has 3 N–H and O–H groups in total. The Morgan fingerprint density at radius 3 is 2.27 bits per heavy atom. The fourth-order valence-electron chi connectivity index (χ4n) is 1.77. The van der Waals surface area contributed by atoms with Crippen LogP contribution in [0.2, 0.25) is 0 Å². The van der Waals surface area contributed by atoms with Gasteiger partial charge in [-0.25, -0.2) is 4.79 Å². The maximum absolute atomic E-state index is 11.9. The lowest BCUT2D eigenvalue weighted by molar-refractivity contribution is -0.135. The first-order valence-electron chi connectivity index (χ1n) is 6.45. The summed E-state index contributed by atoms with van der Waals surface area (Å²) in [6.45, 7) is 0. The van der Waals surface area contributed by atoms with Gasteiger partial charge in [0, 0.05) is 0 Å². The summed E-state index contributed by atoms with van der Waals surface area (Å²) in [7, 11) is -4.17. The van der Waals surface area contributed by atoms with Crippen LogP contribution in [0.25, 0.3) is 0 Å². The first-order valence-corrected chi connectivity index (χ1v) is 7.86. The number of phenolic OH excluding ortho intramolecular Hbond substituents is 1. The molecule has 0 radical (unpaired) electrons. The molecule has 0 amide bonds. The van der Waals surface area contributed by atoms with Crippen molar-refractivity contribution in [2.24, 2.45) is 5.73 Å². The number of carbonyl (C=O) groups is 1. The highest BCUT2D eigenvalue weighted by molar-refractivity contribution is 7.87. The molecule has 0 saturated carbocycles. The van der Waals surface area contributed by atoms with Gasteiger partial charge in [-0.3, -0.25) is 0 Å². The lowest BCUT2D eigenvalue weighted by Crippen LogP contribution is -2.35. The fourth-order valence-corrected chi connectivity index (χ4v) is 2.70. The summed E-state index contributed by atoms with van der Waals surface area (Å²) in [5, 5.41) is 9.18. The third-order valence-electron chi connectivity index (χ3n) is 2.92. The van der Waals surface area contributed by atoms with Gasteiger partial charge in [-0.2, -0.15) is 8.42 Å². The van der Waals surface area contributed by atoms with E-state index >= 15 is 0 Å². The van der Waals surface area contributed by atoms with Crippen LogP contribution in [-0.2, 0) is 25.5 Å². The summed E-state index contributed by atoms with van der Waals surface area (Å²) >= 11 is 0. The van der Waals surface area contributed by atoms with Crippen molar-refractivity contribution in [1.29, 1.82) is 0 Å². The SMILES string of the molecule is N[C@@H](Cc1ccc(O)cc1)C(=O)OS(=O)(=O)c1ccccc1. The minimum atomic E-state index is -4.17. The number of aromatic hydroxyl groups is 1. The average Bonchev–Trinajstić information content (AvgIpc) is 2.50. The molecule has 6 nitrogen and oxygen atoms in total. The van der Waals surface area contributed by atoms with Crippen molar-refractivity contribution >= 4 is 16.1 Å². The predicted molar refractivity (Wildman–Crippen MR) is 79.5 cm³/mol. The molecular weight excluding hydrogens is 306 g/mol. The molecule has 2 rings (SSSR count). The Kier molecular flexibility index (Phi) is 4.79. The predicted octanol–water partition coefficient (Wildman–Crippen LogP) is 1.19. The van der Waals surface area contributed by atoms with E-state index in [4.69, 9.17) is 5.73 Å². The average molecular weight is 321 g/mol. The van der Waals surface area contributed by atoms with E-state index in [1.54, 1.807) is 18.2 Å². The molecule has 0 fully saturated rings. The highest BCUT2D eigenvalue weighted by Crippen LogP contribution is 2.14. The molecule has 2 aromatic carbocycles. The molecule has 1 atom stereocenters. The Balaban J connectivity index is 2.04. The zero-order valence-electron chi connectivity index (χ0n) is 11.5. The zero-order valence-corrected chi connectivity index (χ0v) is 12.4. The number of phenols is 1. The zero-order chi connectivity index (χ0) is 16.2. The van der Waals surface area contributed by atoms with Gasteiger partial charge in [-0.05, 0) is 36.2 Å². The number of hydrogen-bond acceptors (Lipinski definition) is 6. The highest BCUT2D eigenvalue weighted by atomic mass is 32.2. The smallest absolute Gasteiger partial charge is 0.341 e. The maximum atomic E-state index is 11.9. The maximum Gasteiger partial charge on any atom is 0.341 e. The van der Waals surface area contributed by atoms with Gasteiger partial charge in [-0.1, -0.05) is 30.3 Å². The second kappa shape index (κ2) is 6.59. The summed E-state index contributed by atoms with van der Waals surface area (Å²) in [5.41, 5.74) is 6.35. The van der Waals surface area contributed by atoms with Crippen LogP contribution in [0.3, 0.4) is 0 Å². The Morgan fingerprint density at radius 2 is 1.68 bits per heavy atom. The van der Waals surface area contributed by atoms with Crippen molar-refractivity contribution in [1.82, 2.24) is 0 Å². The normalized spacial score (nSPS) is 12.6. The molecule has 0 aromatic heterocycles. The van der Waals surface area contributed by atoms with Crippen molar-refractivity contribution in [2.75, 3.05) is 0 Å². The molecule has 116 valence electrons. The van der Waals surface area contributed by atoms with Gasteiger partial charge in [0.25, 0.3) is 0 Å². The van der Waals surface area contributed by atoms with Gasteiger partial charge in [0.2, 0.25) is 0 Å². The van der Waals surface area contributed by atoms with Crippen LogP contribution in [0.5, 0.6) is 5.75 Å². The number of nitrogens with two attached hydrogens (primary N) is 1. The van der Waals surface area contributed by atoms with E-state index in [1.165, 1.54) is 36.4 Å². The van der Waals surface area contributed by atoms with E-state index in [2.05, 4.69) is 4.18 Å². The standard InChI is InChI=1S/C15H15NO5S/c16-14(10-11-6-8-12(17)9-7-11)15(18)21-22(19,20)13-4-2-1-3-5-13/h1-9,14,17H,10,16H2/t14-/m0/s1. The Hall–Kier alpha value is -2.38. The van der Waals surface area contributed by atoms with Gasteiger partial charge in [0.15, 0.2) is 0 Å². The third-order valence-corrected chi connectivity index (χ3v) is 4.15. The topological polar surface area (TPSA) is 107 Å². The Labute approximate surface area is 128 Å². The lowest BCUT2D eigenvalue weighted by atomic mass is 10.1. The van der Waals surface area contributed by atoms with Gasteiger partial charge in [0.1, 0.15) is 16.7 Å². The van der Waals surface area contributed by atoms with E-state index in [9.17, 15) is 18.3 Å². The quantitative estimate of drug-likeness (QED) is 0.801. The Bertz CT molecular complexity index is 741. The molecule has 0 aliphatic carbocycles. The molecule has 7 heteroatoms. The number of carbonyl (C=O) groups excluding carboxylic acids is 1. The molecule has 2 aromatic rings. The van der Waals surface area contributed by atoms with E-state index in [-0.39, 0.29) is 17.1 Å². The minimum Gasteiger partial charge on any atom is -0.508 e. The second-order valence-electron chi connectivity index (χ2n) is 4.65. The van der Waals surface area contributed by atoms with Crippen LogP contribution < -0.4 is 5.73 Å². The van der Waals surface area contributed by atoms with Crippen LogP contribution in [0, 0.1) is 0 Å². The molecule has 0 spiro atoms. The van der Waals surface area contributed by atoms with Crippen LogP contribution in [0.15, 0.2) is 59.5 Å². The first kappa shape index (κ1) is 16.0. The monoisotopic (exact) mass is 321 g/mol. The molecular formula is C15H15NO5S. The molecule has 0 heterocycles. The second-order valence-corrected chi connectivity index (χ2v) is 6.19. The van der Waals surface area contributed by atoms with Gasteiger partial charge in [0.05, 0.1) is 0 Å². The van der Waals surface area contributed by atoms with E-state index in [1.807, 2.05) is 0 Å². The van der Waals surface area contributed by atoms with E-state index in [0.29, 0.717) is 5.56 Å². The number of rotatable bonds is 5. The summed E-state index contributed by atoms with van der Waals surface area (Å²) < 4.78 is 28.4. The van der Waals surface area contributed by atoms with Crippen LogP contribution >= 0.6 is 0 Å². The van der Waals surface area contributed by atoms with Gasteiger partial charge >= 0.3 is 16.1 Å². The fraction of sp³-hybridized carbons (Fsp3) is 0.133. The Morgan fingerprint density at radius 1 is 1.09 bits per heavy atom. The van der Waals surface area contributed by atoms with Crippen LogP contribution in [-0.4, -0.2) is 25.5 Å². The van der Waals surface area contributed by atoms with Crippen molar-refractivity contribution < 1.29 is 22.5 Å². The minimum absolute atomic E-state index is 0.0894. The molecule has 0 aliphatic heterocycles. The van der Waals surface area contributed by atoms with Gasteiger partial charge in [-0.15, -0.1) is 0 Å². The van der Waals surface area contributed by atoms with Crippen molar-refractivity contribution in [3.05, 3.63) is 60.2 Å². The molecule has 0 bridgehead atoms. The third kappa shape index (κ3) is 4.06. The number of hydrogen-bond donors (Lipinski definition) is 2. The van der Waals surface area contributed by atoms with Crippen LogP contribution in [0.4, 0.5) is 0 Å². The molecule has 22 heavy (non-hydrogen) atoms. The highest BCUT2D eigenvalue weighted by Gasteiger charge is 2.24. The largest absolute Gasteiger partial charge is 0.508 e. The molecule has 0 saturated heterocycles. The van der Waals surface area contributed by atoms with E-state index < -0.39 is 22.1 Å². The van der Waals surface area contributed by atoms with E-state index in [0.717, 1.165) is 0 Å². The van der Waals surface area contributed by atoms with Crippen molar-refractivity contribution in [3.63, 3.8) is 0 Å². The van der Waals surface area contributed by atoms with Crippen LogP contribution in [0.1, 0.15) is 5.56 Å². The summed E-state index contributed by atoms with van der Waals surface area (Å²) in [5.74, 6) is -0.941. The van der Waals surface area contributed by atoms with Crippen molar-refractivity contribution in [3.8, 4) is 5.75 Å². The van der Waals surface area contributed by atoms with Gasteiger partial charge < -0.3 is 15.0 Å². The molecule has 0 aliphatic rings. The lowest BCUT2D eigenvalue weighted by Gasteiger charge is -2.11. The van der Waals surface area contributed by atoms with Crippen molar-refractivity contribution in [2.45, 2.75) is 17.4 Å². The molecule has 0 unspecified atom stereocenters. The number of benzene rings is 2. The summed E-state index contributed by atoms with van der Waals surface area (Å²) in [6.07, 6.45) is 0.101.